The van der Waals surface area contributed by atoms with Gasteiger partial charge in [0.05, 0.1) is 18.0 Å². The minimum atomic E-state index is -0.892. The normalized spacial score (nSPS) is 13.7. The minimum Gasteiger partial charge on any atom is -0.490 e. The molecule has 1 aliphatic heterocycles. The van der Waals surface area contributed by atoms with Crippen molar-refractivity contribution in [1.29, 1.82) is 0 Å². The van der Waals surface area contributed by atoms with E-state index in [1.54, 1.807) is 0 Å². The van der Waals surface area contributed by atoms with Gasteiger partial charge in [-0.3, -0.25) is 9.89 Å². The van der Waals surface area contributed by atoms with E-state index in [1.807, 2.05) is 25.2 Å². The van der Waals surface area contributed by atoms with Gasteiger partial charge in [-0.25, -0.2) is 4.98 Å². The second-order valence-electron chi connectivity index (χ2n) is 4.60. The van der Waals surface area contributed by atoms with E-state index in [4.69, 9.17) is 9.84 Å². The van der Waals surface area contributed by atoms with Crippen molar-refractivity contribution < 1.29 is 14.6 Å². The fourth-order valence-electron chi connectivity index (χ4n) is 2.07. The molecule has 2 heterocycles. The van der Waals surface area contributed by atoms with Crippen molar-refractivity contribution in [2.75, 3.05) is 30.9 Å². The Morgan fingerprint density at radius 1 is 1.57 bits per heavy atom. The molecule has 110 valence electrons. The molecule has 0 spiro atoms. The summed E-state index contributed by atoms with van der Waals surface area (Å²) >= 11 is 1.08. The average molecular weight is 306 g/mol. The Hall–Kier alpha value is -2.22. The quantitative estimate of drug-likeness (QED) is 0.827. The van der Waals surface area contributed by atoms with Gasteiger partial charge in [0.25, 0.3) is 0 Å². The molecule has 8 heteroatoms. The summed E-state index contributed by atoms with van der Waals surface area (Å²) in [4.78, 5) is 17.0. The highest BCUT2D eigenvalue weighted by atomic mass is 32.2. The number of carbonyl (C=O) groups is 1. The molecule has 2 aromatic rings. The third-order valence-electron chi connectivity index (χ3n) is 3.12. The Morgan fingerprint density at radius 3 is 3.24 bits per heavy atom. The average Bonchev–Trinajstić information content (AvgIpc) is 2.94. The summed E-state index contributed by atoms with van der Waals surface area (Å²) < 4.78 is 5.66. The monoisotopic (exact) mass is 306 g/mol. The minimum absolute atomic E-state index is 0.0601. The number of carboxylic acid groups (broad SMARTS) is 1. The zero-order chi connectivity index (χ0) is 14.8. The van der Waals surface area contributed by atoms with Crippen molar-refractivity contribution in [2.45, 2.75) is 5.16 Å². The lowest BCUT2D eigenvalue weighted by Gasteiger charge is -2.27. The molecular formula is C13H14N4O3S. The lowest BCUT2D eigenvalue weighted by Crippen LogP contribution is -2.28. The number of rotatable bonds is 4. The zero-order valence-electron chi connectivity index (χ0n) is 11.4. The second-order valence-corrected chi connectivity index (χ2v) is 5.54. The number of aliphatic carboxylic acids is 1. The van der Waals surface area contributed by atoms with Crippen molar-refractivity contribution in [3.8, 4) is 17.1 Å². The largest absolute Gasteiger partial charge is 0.490 e. The van der Waals surface area contributed by atoms with Crippen LogP contribution in [0.25, 0.3) is 11.4 Å². The lowest BCUT2D eigenvalue weighted by molar-refractivity contribution is -0.133. The highest BCUT2D eigenvalue weighted by molar-refractivity contribution is 7.99. The van der Waals surface area contributed by atoms with Crippen molar-refractivity contribution in [3.63, 3.8) is 0 Å². The van der Waals surface area contributed by atoms with E-state index >= 15 is 0 Å². The number of hydrogen-bond acceptors (Lipinski definition) is 6. The number of hydrogen-bond donors (Lipinski definition) is 2. The van der Waals surface area contributed by atoms with E-state index in [-0.39, 0.29) is 5.75 Å². The van der Waals surface area contributed by atoms with Gasteiger partial charge >= 0.3 is 5.97 Å². The Balaban J connectivity index is 1.82. The SMILES string of the molecule is CN1CCOc2cc(-c3nc(SCC(=O)O)n[nH]3)ccc21. The maximum absolute atomic E-state index is 10.5. The van der Waals surface area contributed by atoms with Crippen LogP contribution in [0.2, 0.25) is 0 Å². The molecule has 1 aliphatic rings. The summed E-state index contributed by atoms with van der Waals surface area (Å²) in [6, 6.07) is 5.84. The van der Waals surface area contributed by atoms with E-state index in [0.29, 0.717) is 17.6 Å². The Morgan fingerprint density at radius 2 is 2.43 bits per heavy atom. The topological polar surface area (TPSA) is 91.3 Å². The molecule has 1 aromatic heterocycles. The number of carboxylic acids is 1. The molecule has 2 N–H and O–H groups in total. The first-order valence-electron chi connectivity index (χ1n) is 6.39. The standard InChI is InChI=1S/C13H14N4O3S/c1-17-4-5-20-10-6-8(2-3-9(10)17)12-14-13(16-15-12)21-7-11(18)19/h2-3,6H,4-5,7H2,1H3,(H,18,19)(H,14,15,16). The van der Waals surface area contributed by atoms with Crippen LogP contribution in [0, 0.1) is 0 Å². The highest BCUT2D eigenvalue weighted by Crippen LogP contribution is 2.34. The molecule has 1 aromatic carbocycles. The third kappa shape index (κ3) is 2.94. The van der Waals surface area contributed by atoms with E-state index in [2.05, 4.69) is 20.1 Å². The Labute approximate surface area is 125 Å². The number of nitrogens with one attached hydrogen (secondary N) is 1. The molecule has 0 saturated heterocycles. The molecule has 0 atom stereocenters. The number of H-pyrrole nitrogens is 1. The fourth-order valence-corrected chi connectivity index (χ4v) is 2.59. The van der Waals surface area contributed by atoms with Crippen LogP contribution in [-0.4, -0.2) is 52.2 Å². The van der Waals surface area contributed by atoms with Gasteiger partial charge in [0.15, 0.2) is 5.82 Å². The van der Waals surface area contributed by atoms with Crippen LogP contribution in [0.15, 0.2) is 23.4 Å². The molecular weight excluding hydrogens is 292 g/mol. The summed E-state index contributed by atoms with van der Waals surface area (Å²) in [6.07, 6.45) is 0. The van der Waals surface area contributed by atoms with Gasteiger partial charge in [-0.1, -0.05) is 11.8 Å². The fraction of sp³-hybridized carbons (Fsp3) is 0.308. The zero-order valence-corrected chi connectivity index (χ0v) is 12.2. The van der Waals surface area contributed by atoms with Gasteiger partial charge < -0.3 is 14.7 Å². The van der Waals surface area contributed by atoms with Gasteiger partial charge in [-0.05, 0) is 18.2 Å². The number of fused-ring (bicyclic) bond motifs is 1. The van der Waals surface area contributed by atoms with E-state index in [0.717, 1.165) is 35.3 Å². The first-order chi connectivity index (χ1) is 10.1. The van der Waals surface area contributed by atoms with Crippen LogP contribution < -0.4 is 9.64 Å². The first kappa shape index (κ1) is 13.7. The molecule has 0 fully saturated rings. The van der Waals surface area contributed by atoms with Crippen molar-refractivity contribution in [1.82, 2.24) is 15.2 Å². The summed E-state index contributed by atoms with van der Waals surface area (Å²) in [5.41, 5.74) is 1.91. The molecule has 0 aliphatic carbocycles. The van der Waals surface area contributed by atoms with Crippen molar-refractivity contribution >= 4 is 23.4 Å². The van der Waals surface area contributed by atoms with E-state index in [9.17, 15) is 4.79 Å². The third-order valence-corrected chi connectivity index (χ3v) is 3.95. The van der Waals surface area contributed by atoms with Crippen LogP contribution in [-0.2, 0) is 4.79 Å². The van der Waals surface area contributed by atoms with Crippen LogP contribution in [0.4, 0.5) is 5.69 Å². The summed E-state index contributed by atoms with van der Waals surface area (Å²) in [6.45, 7) is 1.52. The molecule has 0 bridgehead atoms. The van der Waals surface area contributed by atoms with Gasteiger partial charge in [-0.15, -0.1) is 5.10 Å². The number of thioether (sulfide) groups is 1. The predicted octanol–water partition coefficient (Wildman–Crippen LogP) is 1.48. The first-order valence-corrected chi connectivity index (χ1v) is 7.37. The summed E-state index contributed by atoms with van der Waals surface area (Å²) in [5.74, 6) is 0.464. The molecule has 0 saturated carbocycles. The van der Waals surface area contributed by atoms with Crippen molar-refractivity contribution in [3.05, 3.63) is 18.2 Å². The number of nitrogens with zero attached hydrogens (tertiary/aromatic N) is 3. The number of aromatic amines is 1. The predicted molar refractivity (Wildman–Crippen MR) is 78.9 cm³/mol. The Bertz CT molecular complexity index is 673. The van der Waals surface area contributed by atoms with E-state index < -0.39 is 5.97 Å². The van der Waals surface area contributed by atoms with Gasteiger partial charge in [0.1, 0.15) is 12.4 Å². The Kier molecular flexibility index (Phi) is 3.70. The second kappa shape index (κ2) is 5.65. The van der Waals surface area contributed by atoms with Crippen LogP contribution in [0.3, 0.4) is 0 Å². The van der Waals surface area contributed by atoms with Gasteiger partial charge in [-0.2, -0.15) is 0 Å². The van der Waals surface area contributed by atoms with Crippen LogP contribution in [0.1, 0.15) is 0 Å². The number of anilines is 1. The van der Waals surface area contributed by atoms with Crippen molar-refractivity contribution in [2.24, 2.45) is 0 Å². The maximum atomic E-state index is 10.5. The van der Waals surface area contributed by atoms with Gasteiger partial charge in [0, 0.05) is 12.6 Å². The van der Waals surface area contributed by atoms with Gasteiger partial charge in [0.2, 0.25) is 5.16 Å². The number of ether oxygens (including phenoxy) is 1. The summed E-state index contributed by atoms with van der Waals surface area (Å²) in [7, 11) is 2.02. The molecule has 0 radical (unpaired) electrons. The molecule has 0 amide bonds. The smallest absolute Gasteiger partial charge is 0.313 e. The van der Waals surface area contributed by atoms with Crippen LogP contribution >= 0.6 is 11.8 Å². The number of likely N-dealkylation sites (N-methyl/N-ethyl adjacent to an activating group) is 1. The molecule has 0 unspecified atom stereocenters. The number of benzene rings is 1. The van der Waals surface area contributed by atoms with Crippen LogP contribution in [0.5, 0.6) is 5.75 Å². The lowest BCUT2D eigenvalue weighted by atomic mass is 10.1. The molecule has 21 heavy (non-hydrogen) atoms. The number of aromatic nitrogens is 3. The summed E-state index contributed by atoms with van der Waals surface area (Å²) in [5, 5.41) is 15.9. The van der Waals surface area contributed by atoms with E-state index in [1.165, 1.54) is 0 Å². The maximum Gasteiger partial charge on any atom is 0.313 e. The highest BCUT2D eigenvalue weighted by Gasteiger charge is 2.16. The molecule has 7 nitrogen and oxygen atoms in total. The molecule has 3 rings (SSSR count).